The summed E-state index contributed by atoms with van der Waals surface area (Å²) in [4.78, 5) is 28.7. The van der Waals surface area contributed by atoms with Crippen LogP contribution in [0, 0.1) is 0 Å². The number of amides is 2. The Hall–Kier alpha value is -3.39. The minimum absolute atomic E-state index is 0.141. The van der Waals surface area contributed by atoms with Crippen LogP contribution in [0.3, 0.4) is 0 Å². The predicted octanol–water partition coefficient (Wildman–Crippen LogP) is 3.21. The van der Waals surface area contributed by atoms with E-state index >= 15 is 0 Å². The number of nitrogens with one attached hydrogen (secondary N) is 2. The van der Waals surface area contributed by atoms with Gasteiger partial charge in [-0.25, -0.2) is 4.98 Å². The number of para-hydroxylation sites is 2. The molecule has 8 nitrogen and oxygen atoms in total. The van der Waals surface area contributed by atoms with E-state index in [0.29, 0.717) is 31.5 Å². The standard InChI is InChI=1S/C22H26N4O4/c1-2-29-15-6-14-26-19-9-4-3-8-18(19)24-22(26)25-21(28)12-13-23-20(27)11-10-17-7-5-16-30-17/h3-5,7-11,16H,2,6,12-15H2,1H3,(H,23,27)(H,24,25,28)/b11-10+. The molecule has 8 heteroatoms. The van der Waals surface area contributed by atoms with Gasteiger partial charge in [0.2, 0.25) is 17.8 Å². The first kappa shape index (κ1) is 21.3. The minimum Gasteiger partial charge on any atom is -0.465 e. The molecular weight excluding hydrogens is 384 g/mol. The largest absolute Gasteiger partial charge is 0.465 e. The molecule has 30 heavy (non-hydrogen) atoms. The Morgan fingerprint density at radius 3 is 2.90 bits per heavy atom. The normalized spacial score (nSPS) is 11.2. The van der Waals surface area contributed by atoms with Crippen molar-refractivity contribution in [3.05, 3.63) is 54.5 Å². The van der Waals surface area contributed by atoms with Crippen LogP contribution >= 0.6 is 0 Å². The molecular formula is C22H26N4O4. The Kier molecular flexibility index (Phi) is 7.79. The predicted molar refractivity (Wildman–Crippen MR) is 115 cm³/mol. The number of carbonyl (C=O) groups is 2. The average molecular weight is 410 g/mol. The molecule has 2 N–H and O–H groups in total. The number of imidazole rings is 1. The maximum Gasteiger partial charge on any atom is 0.244 e. The molecule has 158 valence electrons. The second kappa shape index (κ2) is 11.0. The van der Waals surface area contributed by atoms with E-state index in [0.717, 1.165) is 17.5 Å². The Morgan fingerprint density at radius 2 is 2.10 bits per heavy atom. The Labute approximate surface area is 174 Å². The summed E-state index contributed by atoms with van der Waals surface area (Å²) >= 11 is 0. The fourth-order valence-electron chi connectivity index (χ4n) is 2.96. The molecule has 3 aromatic rings. The summed E-state index contributed by atoms with van der Waals surface area (Å²) in [5.41, 5.74) is 1.78. The van der Waals surface area contributed by atoms with E-state index in [-0.39, 0.29) is 24.8 Å². The van der Waals surface area contributed by atoms with E-state index in [4.69, 9.17) is 9.15 Å². The van der Waals surface area contributed by atoms with Crippen molar-refractivity contribution in [2.75, 3.05) is 25.1 Å². The summed E-state index contributed by atoms with van der Waals surface area (Å²) in [5, 5.41) is 5.54. The third kappa shape index (κ3) is 6.05. The van der Waals surface area contributed by atoms with E-state index in [1.165, 1.54) is 12.3 Å². The molecule has 0 radical (unpaired) electrons. The first-order chi connectivity index (χ1) is 14.7. The van der Waals surface area contributed by atoms with Crippen LogP contribution in [0.4, 0.5) is 5.95 Å². The molecule has 0 unspecified atom stereocenters. The number of furan rings is 1. The van der Waals surface area contributed by atoms with Gasteiger partial charge in [-0.3, -0.25) is 14.9 Å². The van der Waals surface area contributed by atoms with Crippen molar-refractivity contribution < 1.29 is 18.7 Å². The van der Waals surface area contributed by atoms with Gasteiger partial charge in [0.05, 0.1) is 17.3 Å². The highest BCUT2D eigenvalue weighted by Gasteiger charge is 2.13. The second-order valence-electron chi connectivity index (χ2n) is 6.56. The SMILES string of the molecule is CCOCCCn1c(NC(=O)CCNC(=O)/C=C/c2ccco2)nc2ccccc21. The van der Waals surface area contributed by atoms with Gasteiger partial charge < -0.3 is 19.0 Å². The van der Waals surface area contributed by atoms with E-state index in [1.54, 1.807) is 18.2 Å². The van der Waals surface area contributed by atoms with Crippen molar-refractivity contribution in [1.82, 2.24) is 14.9 Å². The fraction of sp³-hybridized carbons (Fsp3) is 0.318. The van der Waals surface area contributed by atoms with E-state index < -0.39 is 0 Å². The summed E-state index contributed by atoms with van der Waals surface area (Å²) < 4.78 is 12.5. The molecule has 0 aliphatic rings. The van der Waals surface area contributed by atoms with Crippen molar-refractivity contribution in [3.8, 4) is 0 Å². The average Bonchev–Trinajstić information content (AvgIpc) is 3.37. The maximum atomic E-state index is 12.4. The Balaban J connectivity index is 1.53. The monoisotopic (exact) mass is 410 g/mol. The van der Waals surface area contributed by atoms with Gasteiger partial charge in [0.15, 0.2) is 0 Å². The smallest absolute Gasteiger partial charge is 0.244 e. The van der Waals surface area contributed by atoms with Gasteiger partial charge >= 0.3 is 0 Å². The van der Waals surface area contributed by atoms with E-state index in [2.05, 4.69) is 15.6 Å². The summed E-state index contributed by atoms with van der Waals surface area (Å²) in [6.07, 6.45) is 5.43. The van der Waals surface area contributed by atoms with Gasteiger partial charge in [-0.05, 0) is 43.7 Å². The first-order valence-corrected chi connectivity index (χ1v) is 9.99. The summed E-state index contributed by atoms with van der Waals surface area (Å²) in [7, 11) is 0. The highest BCUT2D eigenvalue weighted by molar-refractivity contribution is 5.93. The van der Waals surface area contributed by atoms with Gasteiger partial charge in [0.1, 0.15) is 5.76 Å². The van der Waals surface area contributed by atoms with Gasteiger partial charge in [-0.2, -0.15) is 0 Å². The van der Waals surface area contributed by atoms with Crippen molar-refractivity contribution >= 4 is 34.9 Å². The Bertz CT molecular complexity index is 992. The van der Waals surface area contributed by atoms with Crippen molar-refractivity contribution in [3.63, 3.8) is 0 Å². The molecule has 0 aliphatic carbocycles. The van der Waals surface area contributed by atoms with Crippen molar-refractivity contribution in [2.45, 2.75) is 26.3 Å². The lowest BCUT2D eigenvalue weighted by atomic mass is 10.3. The number of aromatic nitrogens is 2. The zero-order chi connectivity index (χ0) is 21.2. The number of hydrogen-bond donors (Lipinski definition) is 2. The highest BCUT2D eigenvalue weighted by atomic mass is 16.5. The number of carbonyl (C=O) groups excluding carboxylic acids is 2. The third-order valence-electron chi connectivity index (χ3n) is 4.37. The second-order valence-corrected chi connectivity index (χ2v) is 6.56. The number of ether oxygens (including phenoxy) is 1. The quantitative estimate of drug-likeness (QED) is 0.374. The lowest BCUT2D eigenvalue weighted by Crippen LogP contribution is -2.26. The molecule has 2 aromatic heterocycles. The van der Waals surface area contributed by atoms with Crippen LogP contribution in [0.5, 0.6) is 0 Å². The van der Waals surface area contributed by atoms with E-state index in [1.807, 2.05) is 35.8 Å². The zero-order valence-corrected chi connectivity index (χ0v) is 17.0. The van der Waals surface area contributed by atoms with Gasteiger partial charge in [0.25, 0.3) is 0 Å². The van der Waals surface area contributed by atoms with E-state index in [9.17, 15) is 9.59 Å². The van der Waals surface area contributed by atoms with Crippen LogP contribution < -0.4 is 10.6 Å². The summed E-state index contributed by atoms with van der Waals surface area (Å²) in [6.45, 7) is 4.19. The number of rotatable bonds is 11. The molecule has 2 amide bonds. The zero-order valence-electron chi connectivity index (χ0n) is 17.0. The molecule has 0 fully saturated rings. The van der Waals surface area contributed by atoms with Crippen molar-refractivity contribution in [1.29, 1.82) is 0 Å². The lowest BCUT2D eigenvalue weighted by molar-refractivity contribution is -0.117. The van der Waals surface area contributed by atoms with Crippen molar-refractivity contribution in [2.24, 2.45) is 0 Å². The fourth-order valence-corrected chi connectivity index (χ4v) is 2.96. The molecule has 0 spiro atoms. The number of benzene rings is 1. The van der Waals surface area contributed by atoms with Gasteiger partial charge in [-0.15, -0.1) is 0 Å². The topological polar surface area (TPSA) is 98.4 Å². The van der Waals surface area contributed by atoms with Crippen LogP contribution in [0.2, 0.25) is 0 Å². The number of fused-ring (bicyclic) bond motifs is 1. The van der Waals surface area contributed by atoms with Crippen LogP contribution in [0.15, 0.2) is 53.2 Å². The molecule has 0 aliphatic heterocycles. The molecule has 0 saturated heterocycles. The lowest BCUT2D eigenvalue weighted by Gasteiger charge is -2.10. The highest BCUT2D eigenvalue weighted by Crippen LogP contribution is 2.20. The number of hydrogen-bond acceptors (Lipinski definition) is 5. The molecule has 0 saturated carbocycles. The number of anilines is 1. The van der Waals surface area contributed by atoms with Crippen LogP contribution in [0.25, 0.3) is 17.1 Å². The molecule has 1 aromatic carbocycles. The van der Waals surface area contributed by atoms with Gasteiger partial charge in [0, 0.05) is 38.8 Å². The molecule has 3 rings (SSSR count). The first-order valence-electron chi connectivity index (χ1n) is 9.99. The van der Waals surface area contributed by atoms with Crippen LogP contribution in [-0.2, 0) is 20.9 Å². The number of aryl methyl sites for hydroxylation is 1. The minimum atomic E-state index is -0.289. The third-order valence-corrected chi connectivity index (χ3v) is 4.37. The molecule has 2 heterocycles. The summed E-state index contributed by atoms with van der Waals surface area (Å²) in [5.74, 6) is 0.585. The number of nitrogens with zero attached hydrogens (tertiary/aromatic N) is 2. The maximum absolute atomic E-state index is 12.4. The van der Waals surface area contributed by atoms with Gasteiger partial charge in [-0.1, -0.05) is 12.1 Å². The van der Waals surface area contributed by atoms with Crippen LogP contribution in [0.1, 0.15) is 25.5 Å². The Morgan fingerprint density at radius 1 is 1.23 bits per heavy atom. The molecule has 0 bridgehead atoms. The summed E-state index contributed by atoms with van der Waals surface area (Å²) in [6, 6.07) is 11.2. The van der Waals surface area contributed by atoms with Crippen LogP contribution in [-0.4, -0.2) is 41.1 Å². The molecule has 0 atom stereocenters.